The summed E-state index contributed by atoms with van der Waals surface area (Å²) in [6.07, 6.45) is 7.14. The molecular formula is C21H18N6OS. The van der Waals surface area contributed by atoms with Crippen LogP contribution in [0.25, 0.3) is 16.5 Å². The van der Waals surface area contributed by atoms with Crippen LogP contribution in [0.15, 0.2) is 60.4 Å². The molecule has 4 heterocycles. The first-order valence-corrected chi connectivity index (χ1v) is 10.3. The first-order valence-electron chi connectivity index (χ1n) is 9.43. The standard InChI is InChI=1S/C21H18N6OS/c28-20(24-12-15-4-1-2-9-22-15)16-13-25-27(19(16)14-6-7-14)21-23-10-8-17(26-21)18-5-3-11-29-18/h1-5,8-11,13-14H,6-7,12H2,(H,24,28). The molecule has 7 nitrogen and oxygen atoms in total. The number of nitrogens with one attached hydrogen (secondary N) is 1. The molecule has 1 aliphatic carbocycles. The van der Waals surface area contributed by atoms with Crippen molar-refractivity contribution in [3.8, 4) is 16.5 Å². The molecule has 0 atom stereocenters. The summed E-state index contributed by atoms with van der Waals surface area (Å²) in [5.74, 6) is 0.641. The topological polar surface area (TPSA) is 85.6 Å². The highest BCUT2D eigenvalue weighted by atomic mass is 32.1. The summed E-state index contributed by atoms with van der Waals surface area (Å²) >= 11 is 1.63. The second kappa shape index (κ2) is 7.56. The quantitative estimate of drug-likeness (QED) is 0.533. The van der Waals surface area contributed by atoms with Gasteiger partial charge in [0.1, 0.15) is 0 Å². The van der Waals surface area contributed by atoms with Crippen LogP contribution in [0.3, 0.4) is 0 Å². The molecule has 1 N–H and O–H groups in total. The third-order valence-corrected chi connectivity index (χ3v) is 5.67. The molecule has 4 aromatic rings. The van der Waals surface area contributed by atoms with Gasteiger partial charge in [0.15, 0.2) is 0 Å². The van der Waals surface area contributed by atoms with Crippen LogP contribution >= 0.6 is 11.3 Å². The molecule has 0 spiro atoms. The van der Waals surface area contributed by atoms with Crippen molar-refractivity contribution < 1.29 is 4.79 Å². The molecule has 0 aliphatic heterocycles. The Balaban J connectivity index is 1.44. The fourth-order valence-corrected chi connectivity index (χ4v) is 3.92. The Labute approximate surface area is 171 Å². The van der Waals surface area contributed by atoms with Crippen molar-refractivity contribution in [1.82, 2.24) is 30.0 Å². The third kappa shape index (κ3) is 3.66. The lowest BCUT2D eigenvalue weighted by Gasteiger charge is -2.09. The van der Waals surface area contributed by atoms with E-state index in [1.54, 1.807) is 34.6 Å². The number of hydrogen-bond acceptors (Lipinski definition) is 6. The Hall–Kier alpha value is -3.39. The predicted molar refractivity (Wildman–Crippen MR) is 110 cm³/mol. The van der Waals surface area contributed by atoms with E-state index in [4.69, 9.17) is 0 Å². The van der Waals surface area contributed by atoms with Crippen LogP contribution in [0, 0.1) is 0 Å². The van der Waals surface area contributed by atoms with Crippen molar-refractivity contribution in [3.63, 3.8) is 0 Å². The maximum Gasteiger partial charge on any atom is 0.255 e. The van der Waals surface area contributed by atoms with Crippen molar-refractivity contribution >= 4 is 17.2 Å². The lowest BCUT2D eigenvalue weighted by molar-refractivity contribution is 0.0949. The minimum Gasteiger partial charge on any atom is -0.346 e. The van der Waals surface area contributed by atoms with Gasteiger partial charge in [0.2, 0.25) is 0 Å². The second-order valence-electron chi connectivity index (χ2n) is 6.85. The van der Waals surface area contributed by atoms with Crippen LogP contribution in [-0.2, 0) is 6.54 Å². The van der Waals surface area contributed by atoms with E-state index < -0.39 is 0 Å². The van der Waals surface area contributed by atoms with Crippen molar-refractivity contribution in [3.05, 3.63) is 77.3 Å². The molecule has 1 amide bonds. The largest absolute Gasteiger partial charge is 0.346 e. The number of aromatic nitrogens is 5. The summed E-state index contributed by atoms with van der Waals surface area (Å²) in [4.78, 5) is 27.2. The molecule has 1 saturated carbocycles. The summed E-state index contributed by atoms with van der Waals surface area (Å²) in [6, 6.07) is 11.5. The zero-order valence-electron chi connectivity index (χ0n) is 15.5. The Morgan fingerprint density at radius 1 is 1.14 bits per heavy atom. The second-order valence-corrected chi connectivity index (χ2v) is 7.80. The first kappa shape index (κ1) is 17.7. The van der Waals surface area contributed by atoms with E-state index >= 15 is 0 Å². The van der Waals surface area contributed by atoms with E-state index in [1.165, 1.54) is 0 Å². The lowest BCUT2D eigenvalue weighted by atomic mass is 10.1. The fraction of sp³-hybridized carbons (Fsp3) is 0.190. The number of amides is 1. The number of pyridine rings is 1. The highest BCUT2D eigenvalue weighted by Gasteiger charge is 2.33. The Morgan fingerprint density at radius 2 is 2.07 bits per heavy atom. The minimum atomic E-state index is -0.154. The maximum atomic E-state index is 12.8. The van der Waals surface area contributed by atoms with Crippen molar-refractivity contribution in [2.75, 3.05) is 0 Å². The molecular weight excluding hydrogens is 384 g/mol. The summed E-state index contributed by atoms with van der Waals surface area (Å²) in [5.41, 5.74) is 3.12. The zero-order chi connectivity index (χ0) is 19.6. The maximum absolute atomic E-state index is 12.8. The van der Waals surface area contributed by atoms with E-state index in [2.05, 4.69) is 25.4 Å². The molecule has 0 radical (unpaired) electrons. The molecule has 8 heteroatoms. The minimum absolute atomic E-state index is 0.154. The number of carbonyl (C=O) groups excluding carboxylic acids is 1. The van der Waals surface area contributed by atoms with Gasteiger partial charge in [-0.3, -0.25) is 9.78 Å². The summed E-state index contributed by atoms with van der Waals surface area (Å²) < 4.78 is 1.71. The van der Waals surface area contributed by atoms with Gasteiger partial charge in [-0.1, -0.05) is 12.1 Å². The zero-order valence-corrected chi connectivity index (χ0v) is 16.3. The van der Waals surface area contributed by atoms with Crippen LogP contribution in [0.2, 0.25) is 0 Å². The molecule has 1 fully saturated rings. The van der Waals surface area contributed by atoms with E-state index in [0.717, 1.165) is 34.8 Å². The van der Waals surface area contributed by atoms with E-state index in [9.17, 15) is 4.79 Å². The number of carbonyl (C=O) groups is 1. The van der Waals surface area contributed by atoms with Crippen molar-refractivity contribution in [2.24, 2.45) is 0 Å². The first-order chi connectivity index (χ1) is 14.3. The molecule has 0 saturated heterocycles. The van der Waals surface area contributed by atoms with Gasteiger partial charge in [-0.25, -0.2) is 14.6 Å². The monoisotopic (exact) mass is 402 g/mol. The van der Waals surface area contributed by atoms with E-state index in [1.807, 2.05) is 41.8 Å². The third-order valence-electron chi connectivity index (χ3n) is 4.78. The van der Waals surface area contributed by atoms with Gasteiger partial charge in [0.25, 0.3) is 11.9 Å². The highest BCUT2D eigenvalue weighted by molar-refractivity contribution is 7.13. The molecule has 144 valence electrons. The van der Waals surface area contributed by atoms with E-state index in [-0.39, 0.29) is 5.91 Å². The average molecular weight is 402 g/mol. The molecule has 4 aromatic heterocycles. The van der Waals surface area contributed by atoms with Crippen molar-refractivity contribution in [2.45, 2.75) is 25.3 Å². The van der Waals surface area contributed by atoms with Gasteiger partial charge in [-0.05, 0) is 42.5 Å². The van der Waals surface area contributed by atoms with Crippen molar-refractivity contribution in [1.29, 1.82) is 0 Å². The SMILES string of the molecule is O=C(NCc1ccccn1)c1cnn(-c2nccc(-c3cccs3)n2)c1C1CC1. The normalized spacial score (nSPS) is 13.4. The molecule has 0 aromatic carbocycles. The number of thiophene rings is 1. The average Bonchev–Trinajstić information content (AvgIpc) is 3.28. The van der Waals surface area contributed by atoms with Crippen LogP contribution in [0.1, 0.15) is 40.5 Å². The van der Waals surface area contributed by atoms with Crippen LogP contribution < -0.4 is 5.32 Å². The van der Waals surface area contributed by atoms with Crippen LogP contribution in [0.4, 0.5) is 0 Å². The smallest absolute Gasteiger partial charge is 0.255 e. The summed E-state index contributed by atoms with van der Waals surface area (Å²) in [5, 5.41) is 9.43. The molecule has 5 rings (SSSR count). The molecule has 0 bridgehead atoms. The molecule has 0 unspecified atom stereocenters. The lowest BCUT2D eigenvalue weighted by Crippen LogP contribution is -2.24. The van der Waals surface area contributed by atoms with Gasteiger partial charge in [0, 0.05) is 18.3 Å². The predicted octanol–water partition coefficient (Wildman–Crippen LogP) is 3.59. The highest BCUT2D eigenvalue weighted by Crippen LogP contribution is 2.42. The number of rotatable bonds is 6. The van der Waals surface area contributed by atoms with Crippen LogP contribution in [0.5, 0.6) is 0 Å². The van der Waals surface area contributed by atoms with Gasteiger partial charge in [-0.2, -0.15) is 5.10 Å². The Kier molecular flexibility index (Phi) is 4.61. The summed E-state index contributed by atoms with van der Waals surface area (Å²) in [6.45, 7) is 0.374. The van der Waals surface area contributed by atoms with Gasteiger partial charge in [-0.15, -0.1) is 11.3 Å². The summed E-state index contributed by atoms with van der Waals surface area (Å²) in [7, 11) is 0. The molecule has 29 heavy (non-hydrogen) atoms. The van der Waals surface area contributed by atoms with Gasteiger partial charge in [0.05, 0.1) is 40.3 Å². The van der Waals surface area contributed by atoms with E-state index in [0.29, 0.717) is 24.0 Å². The van der Waals surface area contributed by atoms with Gasteiger partial charge < -0.3 is 5.32 Å². The van der Waals surface area contributed by atoms with Crippen LogP contribution in [-0.4, -0.2) is 30.6 Å². The number of nitrogens with zero attached hydrogens (tertiary/aromatic N) is 5. The number of hydrogen-bond donors (Lipinski definition) is 1. The van der Waals surface area contributed by atoms with Gasteiger partial charge >= 0.3 is 0 Å². The Bertz CT molecular complexity index is 1140. The molecule has 1 aliphatic rings. The Morgan fingerprint density at radius 3 is 2.83 bits per heavy atom. The fourth-order valence-electron chi connectivity index (χ4n) is 3.22.